The number of carboxylic acids is 1. The molecule has 2 rings (SSSR count). The third-order valence-electron chi connectivity index (χ3n) is 3.94. The summed E-state index contributed by atoms with van der Waals surface area (Å²) in [6.07, 6.45) is 0. The molecule has 8 heteroatoms. The third-order valence-corrected chi connectivity index (χ3v) is 4.97. The number of benzene rings is 1. The van der Waals surface area contributed by atoms with E-state index < -0.39 is 16.0 Å². The first-order valence-corrected chi connectivity index (χ1v) is 9.05. The Morgan fingerprint density at radius 2 is 1.80 bits per heavy atom. The van der Waals surface area contributed by atoms with Crippen molar-refractivity contribution in [1.29, 1.82) is 0 Å². The molecule has 0 atom stereocenters. The molecule has 0 aliphatic rings. The molecule has 7 nitrogen and oxygen atoms in total. The summed E-state index contributed by atoms with van der Waals surface area (Å²) >= 11 is 0. The van der Waals surface area contributed by atoms with Gasteiger partial charge in [0.15, 0.2) is 5.69 Å². The van der Waals surface area contributed by atoms with E-state index >= 15 is 0 Å². The summed E-state index contributed by atoms with van der Waals surface area (Å²) in [5, 5.41) is 14.6. The maximum Gasteiger partial charge on any atom is 0.356 e. The number of hydrogen-bond donors (Lipinski definition) is 3. The number of aromatic nitrogens is 1. The summed E-state index contributed by atoms with van der Waals surface area (Å²) in [6, 6.07) is 6.34. The Balaban J connectivity index is 2.86. The molecule has 0 amide bonds. The van der Waals surface area contributed by atoms with Gasteiger partial charge in [-0.1, -0.05) is 20.8 Å². The number of rotatable bonds is 3. The molecule has 0 bridgehead atoms. The minimum absolute atomic E-state index is 0.00887. The topological polar surface area (TPSA) is 136 Å². The van der Waals surface area contributed by atoms with E-state index in [0.717, 1.165) is 5.56 Å². The zero-order valence-electron chi connectivity index (χ0n) is 14.5. The van der Waals surface area contributed by atoms with E-state index in [2.05, 4.69) is 4.98 Å². The van der Waals surface area contributed by atoms with Crippen molar-refractivity contribution in [2.24, 2.45) is 5.14 Å². The first kappa shape index (κ1) is 18.9. The number of carbonyl (C=O) groups is 1. The van der Waals surface area contributed by atoms with E-state index in [1.165, 1.54) is 6.07 Å². The van der Waals surface area contributed by atoms with Crippen LogP contribution >= 0.6 is 0 Å². The second kappa shape index (κ2) is 6.12. The van der Waals surface area contributed by atoms with Gasteiger partial charge in [-0.3, -0.25) is 0 Å². The number of hydrogen-bond acceptors (Lipinski definition) is 5. The molecule has 0 radical (unpaired) electrons. The lowest BCUT2D eigenvalue weighted by Gasteiger charge is -2.22. The fraction of sp³-hybridized carbons (Fsp3) is 0.294. The first-order chi connectivity index (χ1) is 11.3. The van der Waals surface area contributed by atoms with Gasteiger partial charge in [-0.25, -0.2) is 23.3 Å². The molecule has 2 aromatic rings. The van der Waals surface area contributed by atoms with Gasteiger partial charge in [-0.05, 0) is 47.7 Å². The molecule has 5 N–H and O–H groups in total. The van der Waals surface area contributed by atoms with E-state index in [4.69, 9.17) is 10.9 Å². The average Bonchev–Trinajstić information content (AvgIpc) is 2.45. The number of aromatic carboxylic acids is 1. The van der Waals surface area contributed by atoms with Gasteiger partial charge in [0.05, 0.1) is 16.3 Å². The van der Waals surface area contributed by atoms with E-state index in [1.54, 1.807) is 25.1 Å². The Morgan fingerprint density at radius 3 is 2.28 bits per heavy atom. The number of nitrogens with zero attached hydrogens (tertiary/aromatic N) is 1. The highest BCUT2D eigenvalue weighted by atomic mass is 32.2. The van der Waals surface area contributed by atoms with Crippen molar-refractivity contribution in [2.45, 2.75) is 38.0 Å². The molecule has 0 saturated carbocycles. The summed E-state index contributed by atoms with van der Waals surface area (Å²) in [4.78, 5) is 15.4. The summed E-state index contributed by atoms with van der Waals surface area (Å²) < 4.78 is 24.0. The van der Waals surface area contributed by atoms with Crippen LogP contribution in [0.15, 0.2) is 29.2 Å². The third kappa shape index (κ3) is 3.80. The van der Waals surface area contributed by atoms with Crippen molar-refractivity contribution in [2.75, 3.05) is 5.73 Å². The van der Waals surface area contributed by atoms with Crippen molar-refractivity contribution >= 4 is 21.7 Å². The van der Waals surface area contributed by atoms with Crippen LogP contribution in [0.2, 0.25) is 0 Å². The second-order valence-electron chi connectivity index (χ2n) is 6.88. The van der Waals surface area contributed by atoms with Crippen LogP contribution in [0.3, 0.4) is 0 Å². The smallest absolute Gasteiger partial charge is 0.356 e. The Morgan fingerprint density at radius 1 is 1.20 bits per heavy atom. The van der Waals surface area contributed by atoms with Crippen molar-refractivity contribution in [3.8, 4) is 11.3 Å². The molecular formula is C17H21N3O4S. The molecule has 1 aromatic heterocycles. The predicted molar refractivity (Wildman–Crippen MR) is 95.9 cm³/mol. The van der Waals surface area contributed by atoms with Crippen LogP contribution in [0.1, 0.15) is 42.4 Å². The fourth-order valence-corrected chi connectivity index (χ4v) is 3.30. The lowest BCUT2D eigenvalue weighted by Crippen LogP contribution is -2.18. The van der Waals surface area contributed by atoms with Crippen molar-refractivity contribution in [3.05, 3.63) is 41.1 Å². The SMILES string of the molecule is Cc1c(-c2ccc(N)c(C(=O)O)n2)cc(C(C)(C)C)cc1S(N)(=O)=O. The van der Waals surface area contributed by atoms with Crippen molar-refractivity contribution in [1.82, 2.24) is 4.98 Å². The highest BCUT2D eigenvalue weighted by Gasteiger charge is 2.23. The summed E-state index contributed by atoms with van der Waals surface area (Å²) in [6.45, 7) is 7.42. The molecule has 0 saturated heterocycles. The number of carboxylic acid groups (broad SMARTS) is 1. The molecule has 1 aromatic carbocycles. The Hall–Kier alpha value is -2.45. The quantitative estimate of drug-likeness (QED) is 0.765. The Bertz CT molecular complexity index is 961. The van der Waals surface area contributed by atoms with Gasteiger partial charge in [-0.15, -0.1) is 0 Å². The summed E-state index contributed by atoms with van der Waals surface area (Å²) in [7, 11) is -3.95. The van der Waals surface area contributed by atoms with Crippen LogP contribution < -0.4 is 10.9 Å². The van der Waals surface area contributed by atoms with Gasteiger partial charge in [0.2, 0.25) is 10.0 Å². The maximum absolute atomic E-state index is 12.0. The van der Waals surface area contributed by atoms with E-state index in [-0.39, 0.29) is 21.7 Å². The van der Waals surface area contributed by atoms with Crippen LogP contribution in [0.4, 0.5) is 5.69 Å². The molecule has 0 aliphatic heterocycles. The molecular weight excluding hydrogens is 342 g/mol. The summed E-state index contributed by atoms with van der Waals surface area (Å²) in [5.41, 5.74) is 7.02. The molecule has 0 unspecified atom stereocenters. The maximum atomic E-state index is 12.0. The van der Waals surface area contributed by atoms with Crippen LogP contribution in [0.5, 0.6) is 0 Å². The lowest BCUT2D eigenvalue weighted by atomic mass is 9.84. The lowest BCUT2D eigenvalue weighted by molar-refractivity contribution is 0.0692. The number of nitrogens with two attached hydrogens (primary N) is 2. The van der Waals surface area contributed by atoms with Crippen LogP contribution in [-0.4, -0.2) is 24.5 Å². The van der Waals surface area contributed by atoms with Crippen LogP contribution in [0.25, 0.3) is 11.3 Å². The number of anilines is 1. The normalized spacial score (nSPS) is 12.2. The van der Waals surface area contributed by atoms with Crippen LogP contribution in [-0.2, 0) is 15.4 Å². The van der Waals surface area contributed by atoms with Crippen molar-refractivity contribution < 1.29 is 18.3 Å². The number of primary sulfonamides is 1. The summed E-state index contributed by atoms with van der Waals surface area (Å²) in [5.74, 6) is -1.25. The second-order valence-corrected chi connectivity index (χ2v) is 8.41. The fourth-order valence-electron chi connectivity index (χ4n) is 2.47. The van der Waals surface area contributed by atoms with Crippen LogP contribution in [0, 0.1) is 6.92 Å². The van der Waals surface area contributed by atoms with Gasteiger partial charge in [0, 0.05) is 5.56 Å². The van der Waals surface area contributed by atoms with Gasteiger partial charge in [0.25, 0.3) is 0 Å². The zero-order valence-corrected chi connectivity index (χ0v) is 15.3. The molecule has 0 aliphatic carbocycles. The van der Waals surface area contributed by atoms with E-state index in [0.29, 0.717) is 16.8 Å². The van der Waals surface area contributed by atoms with Gasteiger partial charge in [-0.2, -0.15) is 0 Å². The van der Waals surface area contributed by atoms with Gasteiger partial charge < -0.3 is 10.8 Å². The van der Waals surface area contributed by atoms with Gasteiger partial charge >= 0.3 is 5.97 Å². The number of nitrogen functional groups attached to an aromatic ring is 1. The largest absolute Gasteiger partial charge is 0.476 e. The minimum Gasteiger partial charge on any atom is -0.476 e. The molecule has 1 heterocycles. The molecule has 0 spiro atoms. The first-order valence-electron chi connectivity index (χ1n) is 7.50. The Labute approximate surface area is 146 Å². The van der Waals surface area contributed by atoms with E-state index in [9.17, 15) is 18.3 Å². The predicted octanol–water partition coefficient (Wildman–Crippen LogP) is 2.28. The highest BCUT2D eigenvalue weighted by molar-refractivity contribution is 7.89. The standard InChI is InChI=1S/C17H21N3O4S/c1-9-11(13-6-5-12(18)15(20-13)16(21)22)7-10(17(2,3)4)8-14(9)25(19,23)24/h5-8H,18H2,1-4H3,(H,21,22)(H2,19,23,24). The average molecular weight is 363 g/mol. The molecule has 25 heavy (non-hydrogen) atoms. The van der Waals surface area contributed by atoms with E-state index in [1.807, 2.05) is 20.8 Å². The zero-order chi connectivity index (χ0) is 19.2. The van der Waals surface area contributed by atoms with Gasteiger partial charge in [0.1, 0.15) is 0 Å². The molecule has 0 fully saturated rings. The minimum atomic E-state index is -3.95. The number of pyridine rings is 1. The Kier molecular flexibility index (Phi) is 4.63. The molecule has 134 valence electrons. The highest BCUT2D eigenvalue weighted by Crippen LogP contribution is 2.34. The van der Waals surface area contributed by atoms with Crippen molar-refractivity contribution in [3.63, 3.8) is 0 Å². The number of sulfonamides is 1. The monoisotopic (exact) mass is 363 g/mol.